The fraction of sp³-hybridized carbons (Fsp3) is 0.524. The van der Waals surface area contributed by atoms with Gasteiger partial charge in [-0.2, -0.15) is 9.40 Å². The number of nitrogens with zero attached hydrogens (tertiary/aromatic N) is 4. The van der Waals surface area contributed by atoms with Gasteiger partial charge in [0, 0.05) is 37.3 Å². The highest BCUT2D eigenvalue weighted by molar-refractivity contribution is 7.89. The van der Waals surface area contributed by atoms with Gasteiger partial charge in [-0.05, 0) is 46.1 Å². The van der Waals surface area contributed by atoms with Crippen LogP contribution in [0.5, 0.6) is 11.6 Å². The molecule has 1 aliphatic rings. The molecule has 1 amide bonds. The standard InChI is InChI=1S/C21H29N5O6S/c1-5-10-22-20(27)19-15(4)21(25(23-19)14(2)3)32-17-9-8-16(26(28)29)13-18(17)33(30,31)24-11-6-7-12-24/h8-9,13-14H,5-7,10-12H2,1-4H3,(H,22,27). The Kier molecular flexibility index (Phi) is 7.38. The smallest absolute Gasteiger partial charge is 0.272 e. The van der Waals surface area contributed by atoms with E-state index in [9.17, 15) is 23.3 Å². The Hall–Kier alpha value is -2.99. The molecule has 0 spiro atoms. The fourth-order valence-corrected chi connectivity index (χ4v) is 5.23. The van der Waals surface area contributed by atoms with Gasteiger partial charge in [-0.25, -0.2) is 13.1 Å². The van der Waals surface area contributed by atoms with Crippen LogP contribution in [0.25, 0.3) is 0 Å². The van der Waals surface area contributed by atoms with Gasteiger partial charge >= 0.3 is 0 Å². The number of nitro benzene ring substituents is 1. The Morgan fingerprint density at radius 2 is 1.97 bits per heavy atom. The van der Waals surface area contributed by atoms with Crippen LogP contribution in [-0.4, -0.2) is 53.0 Å². The number of nitro groups is 1. The molecule has 1 aromatic carbocycles. The summed E-state index contributed by atoms with van der Waals surface area (Å²) >= 11 is 0. The van der Waals surface area contributed by atoms with Gasteiger partial charge in [0.1, 0.15) is 10.6 Å². The maximum atomic E-state index is 13.3. The highest BCUT2D eigenvalue weighted by Crippen LogP contribution is 2.37. The zero-order chi connectivity index (χ0) is 24.3. The summed E-state index contributed by atoms with van der Waals surface area (Å²) in [5, 5.41) is 18.5. The molecule has 0 radical (unpaired) electrons. The zero-order valence-corrected chi connectivity index (χ0v) is 20.0. The summed E-state index contributed by atoms with van der Waals surface area (Å²) in [4.78, 5) is 23.0. The average molecular weight is 480 g/mol. The Morgan fingerprint density at radius 1 is 1.30 bits per heavy atom. The lowest BCUT2D eigenvalue weighted by Gasteiger charge is -2.19. The summed E-state index contributed by atoms with van der Waals surface area (Å²) in [6.45, 7) is 8.48. The zero-order valence-electron chi connectivity index (χ0n) is 19.2. The topological polar surface area (TPSA) is 137 Å². The lowest BCUT2D eigenvalue weighted by Crippen LogP contribution is -2.28. The monoisotopic (exact) mass is 479 g/mol. The molecule has 2 aromatic rings. The van der Waals surface area contributed by atoms with Crippen molar-refractivity contribution >= 4 is 21.6 Å². The first-order valence-electron chi connectivity index (χ1n) is 10.9. The lowest BCUT2D eigenvalue weighted by atomic mass is 10.2. The first-order valence-corrected chi connectivity index (χ1v) is 12.4. The van der Waals surface area contributed by atoms with E-state index in [0.717, 1.165) is 25.3 Å². The predicted octanol–water partition coefficient (Wildman–Crippen LogP) is 3.40. The van der Waals surface area contributed by atoms with Crippen molar-refractivity contribution in [3.63, 3.8) is 0 Å². The molecule has 12 heteroatoms. The number of aromatic nitrogens is 2. The second kappa shape index (κ2) is 9.87. The molecule has 1 N–H and O–H groups in total. The molecular formula is C21H29N5O6S. The molecule has 1 aromatic heterocycles. The largest absolute Gasteiger partial charge is 0.438 e. The first-order chi connectivity index (χ1) is 15.6. The second-order valence-corrected chi connectivity index (χ2v) is 10.1. The van der Waals surface area contributed by atoms with E-state index in [2.05, 4.69) is 10.4 Å². The number of hydrogen-bond donors (Lipinski definition) is 1. The Balaban J connectivity index is 2.10. The maximum Gasteiger partial charge on any atom is 0.272 e. The molecule has 0 aliphatic carbocycles. The maximum absolute atomic E-state index is 13.3. The third-order valence-corrected chi connectivity index (χ3v) is 7.28. The van der Waals surface area contributed by atoms with Gasteiger partial charge in [0.25, 0.3) is 11.6 Å². The Bertz CT molecular complexity index is 1150. The van der Waals surface area contributed by atoms with Gasteiger partial charge in [0.05, 0.1) is 11.0 Å². The van der Waals surface area contributed by atoms with Crippen LogP contribution in [0.3, 0.4) is 0 Å². The normalized spacial score (nSPS) is 14.6. The summed E-state index contributed by atoms with van der Waals surface area (Å²) in [5.41, 5.74) is 0.270. The van der Waals surface area contributed by atoms with E-state index in [1.54, 1.807) is 6.92 Å². The molecule has 1 fully saturated rings. The highest BCUT2D eigenvalue weighted by Gasteiger charge is 2.33. The van der Waals surface area contributed by atoms with Crippen LogP contribution >= 0.6 is 0 Å². The number of rotatable bonds is 9. The van der Waals surface area contributed by atoms with Crippen molar-refractivity contribution in [2.45, 2.75) is 57.9 Å². The number of nitrogens with one attached hydrogen (secondary N) is 1. The molecule has 3 rings (SSSR count). The van der Waals surface area contributed by atoms with Crippen molar-refractivity contribution in [3.8, 4) is 11.6 Å². The minimum absolute atomic E-state index is 0.0575. The molecule has 1 aliphatic heterocycles. The van der Waals surface area contributed by atoms with Crippen LogP contribution in [0.1, 0.15) is 62.1 Å². The number of sulfonamides is 1. The van der Waals surface area contributed by atoms with E-state index in [1.165, 1.54) is 21.1 Å². The van der Waals surface area contributed by atoms with Crippen LogP contribution in [0.4, 0.5) is 5.69 Å². The van der Waals surface area contributed by atoms with Gasteiger partial charge in [-0.15, -0.1) is 0 Å². The van der Waals surface area contributed by atoms with E-state index >= 15 is 0 Å². The van der Waals surface area contributed by atoms with Crippen molar-refractivity contribution in [1.29, 1.82) is 0 Å². The SMILES string of the molecule is CCCNC(=O)c1nn(C(C)C)c(Oc2ccc([N+](=O)[O-])cc2S(=O)(=O)N2CCCC2)c1C. The summed E-state index contributed by atoms with van der Waals surface area (Å²) in [6.07, 6.45) is 2.21. The van der Waals surface area contributed by atoms with Crippen LogP contribution < -0.4 is 10.1 Å². The predicted molar refractivity (Wildman–Crippen MR) is 121 cm³/mol. The van der Waals surface area contributed by atoms with Crippen molar-refractivity contribution in [2.24, 2.45) is 0 Å². The Morgan fingerprint density at radius 3 is 2.55 bits per heavy atom. The fourth-order valence-electron chi connectivity index (χ4n) is 3.58. The molecule has 0 atom stereocenters. The summed E-state index contributed by atoms with van der Waals surface area (Å²) in [6, 6.07) is 3.29. The van der Waals surface area contributed by atoms with E-state index in [4.69, 9.17) is 4.74 Å². The van der Waals surface area contributed by atoms with Crippen molar-refractivity contribution < 1.29 is 22.9 Å². The van der Waals surface area contributed by atoms with E-state index in [1.807, 2.05) is 20.8 Å². The molecule has 180 valence electrons. The summed E-state index contributed by atoms with van der Waals surface area (Å²) in [7, 11) is -4.02. The van der Waals surface area contributed by atoms with Gasteiger partial charge < -0.3 is 10.1 Å². The van der Waals surface area contributed by atoms with Crippen molar-refractivity contribution in [3.05, 3.63) is 39.6 Å². The molecule has 0 unspecified atom stereocenters. The number of non-ortho nitro benzene ring substituents is 1. The van der Waals surface area contributed by atoms with Crippen molar-refractivity contribution in [1.82, 2.24) is 19.4 Å². The molecule has 1 saturated heterocycles. The molecule has 0 bridgehead atoms. The average Bonchev–Trinajstić information content (AvgIpc) is 3.42. The number of hydrogen-bond acceptors (Lipinski definition) is 7. The third kappa shape index (κ3) is 5.01. The molecular weight excluding hydrogens is 450 g/mol. The number of amides is 1. The third-order valence-electron chi connectivity index (χ3n) is 5.36. The lowest BCUT2D eigenvalue weighted by molar-refractivity contribution is -0.385. The quantitative estimate of drug-likeness (QED) is 0.430. The van der Waals surface area contributed by atoms with E-state index in [-0.39, 0.29) is 39.9 Å². The van der Waals surface area contributed by atoms with Gasteiger partial charge in [0.15, 0.2) is 5.69 Å². The van der Waals surface area contributed by atoms with Crippen LogP contribution in [-0.2, 0) is 10.0 Å². The number of benzene rings is 1. The number of ether oxygens (including phenoxy) is 1. The highest BCUT2D eigenvalue weighted by atomic mass is 32.2. The summed E-state index contributed by atoms with van der Waals surface area (Å²) < 4.78 is 35.4. The minimum atomic E-state index is -4.02. The van der Waals surface area contributed by atoms with E-state index in [0.29, 0.717) is 25.2 Å². The van der Waals surface area contributed by atoms with Crippen LogP contribution in [0.15, 0.2) is 23.1 Å². The van der Waals surface area contributed by atoms with Gasteiger partial charge in [-0.3, -0.25) is 14.9 Å². The van der Waals surface area contributed by atoms with E-state index < -0.39 is 14.9 Å². The molecule has 2 heterocycles. The van der Waals surface area contributed by atoms with Gasteiger partial charge in [0.2, 0.25) is 15.9 Å². The Labute approximate surface area is 192 Å². The van der Waals surface area contributed by atoms with Crippen molar-refractivity contribution in [2.75, 3.05) is 19.6 Å². The minimum Gasteiger partial charge on any atom is -0.438 e. The van der Waals surface area contributed by atoms with Gasteiger partial charge in [-0.1, -0.05) is 6.92 Å². The van der Waals surface area contributed by atoms with Crippen LogP contribution in [0.2, 0.25) is 0 Å². The molecule has 11 nitrogen and oxygen atoms in total. The number of carbonyl (C=O) groups excluding carboxylic acids is 1. The second-order valence-electron chi connectivity index (χ2n) is 8.17. The molecule has 0 saturated carbocycles. The molecule has 33 heavy (non-hydrogen) atoms. The first kappa shape index (κ1) is 24.6. The number of carbonyl (C=O) groups is 1. The summed E-state index contributed by atoms with van der Waals surface area (Å²) in [5.74, 6) is -0.205. The van der Waals surface area contributed by atoms with Crippen LogP contribution in [0, 0.1) is 17.0 Å².